The Balaban J connectivity index is 0.00000220. The lowest BCUT2D eigenvalue weighted by atomic mass is 9.99. The van der Waals surface area contributed by atoms with Crippen LogP contribution in [-0.4, -0.2) is 47.5 Å². The molecule has 4 nitrogen and oxygen atoms in total. The van der Waals surface area contributed by atoms with E-state index in [0.717, 1.165) is 0 Å². The molecule has 3 N–H and O–H groups in total. The summed E-state index contributed by atoms with van der Waals surface area (Å²) in [5.74, 6) is -0.379. The summed E-state index contributed by atoms with van der Waals surface area (Å²) in [5, 5.41) is 22.3. The van der Waals surface area contributed by atoms with E-state index < -0.39 is 18.6 Å². The van der Waals surface area contributed by atoms with Crippen molar-refractivity contribution in [3.63, 3.8) is 0 Å². The number of aromatic hydroxyl groups is 2. The standard InChI is InChI=1S/C13H17F3N2O2.ClH/c14-13(15,16)8-11(18-5-3-17-4-6-18)10-7-9(19)1-2-12(10)20;/h1-2,7,11,17,19-20H,3-6,8H2;1H/t11-;/m1./s1. The Morgan fingerprint density at radius 2 is 1.81 bits per heavy atom. The SMILES string of the molecule is Cl.Oc1ccc(O)c([C@@H](CC(F)(F)F)N2CCNCC2)c1. The van der Waals surface area contributed by atoms with Crippen molar-refractivity contribution in [3.05, 3.63) is 23.8 Å². The lowest BCUT2D eigenvalue weighted by molar-refractivity contribution is -0.148. The number of phenolic OH excluding ortho intramolecular Hbond substituents is 2. The van der Waals surface area contributed by atoms with E-state index in [0.29, 0.717) is 26.2 Å². The summed E-state index contributed by atoms with van der Waals surface area (Å²) < 4.78 is 38.4. The number of nitrogens with one attached hydrogen (secondary N) is 1. The molecule has 1 aromatic carbocycles. The van der Waals surface area contributed by atoms with Crippen molar-refractivity contribution in [3.8, 4) is 11.5 Å². The smallest absolute Gasteiger partial charge is 0.390 e. The summed E-state index contributed by atoms with van der Waals surface area (Å²) in [5.41, 5.74) is 0.115. The van der Waals surface area contributed by atoms with Crippen LogP contribution in [0.3, 0.4) is 0 Å². The lowest BCUT2D eigenvalue weighted by Gasteiger charge is -2.35. The average molecular weight is 327 g/mol. The average Bonchev–Trinajstić information content (AvgIpc) is 2.39. The Hall–Kier alpha value is -1.18. The summed E-state index contributed by atoms with van der Waals surface area (Å²) >= 11 is 0. The van der Waals surface area contributed by atoms with Gasteiger partial charge in [-0.05, 0) is 18.2 Å². The van der Waals surface area contributed by atoms with Gasteiger partial charge in [0, 0.05) is 37.8 Å². The Bertz CT molecular complexity index is 465. The first kappa shape index (κ1) is 17.9. The number of hydrogen-bond donors (Lipinski definition) is 3. The molecule has 1 saturated heterocycles. The van der Waals surface area contributed by atoms with Gasteiger partial charge in [-0.3, -0.25) is 4.90 Å². The van der Waals surface area contributed by atoms with Gasteiger partial charge in [0.1, 0.15) is 11.5 Å². The van der Waals surface area contributed by atoms with Gasteiger partial charge in [0.25, 0.3) is 0 Å². The van der Waals surface area contributed by atoms with Crippen molar-refractivity contribution in [1.82, 2.24) is 10.2 Å². The number of rotatable bonds is 3. The van der Waals surface area contributed by atoms with Crippen LogP contribution in [0.5, 0.6) is 11.5 Å². The molecule has 21 heavy (non-hydrogen) atoms. The summed E-state index contributed by atoms with van der Waals surface area (Å²) in [6, 6.07) is 2.69. The second-order valence-corrected chi connectivity index (χ2v) is 4.86. The van der Waals surface area contributed by atoms with Gasteiger partial charge in [-0.1, -0.05) is 0 Å². The van der Waals surface area contributed by atoms with E-state index in [1.54, 1.807) is 4.90 Å². The first-order valence-electron chi connectivity index (χ1n) is 6.40. The second-order valence-electron chi connectivity index (χ2n) is 4.86. The monoisotopic (exact) mass is 326 g/mol. The van der Waals surface area contributed by atoms with Crippen LogP contribution in [0.25, 0.3) is 0 Å². The van der Waals surface area contributed by atoms with Gasteiger partial charge < -0.3 is 15.5 Å². The molecule has 1 fully saturated rings. The van der Waals surface area contributed by atoms with Gasteiger partial charge in [-0.2, -0.15) is 13.2 Å². The number of alkyl halides is 3. The number of halogens is 4. The first-order chi connectivity index (χ1) is 9.37. The van der Waals surface area contributed by atoms with E-state index in [4.69, 9.17) is 0 Å². The van der Waals surface area contributed by atoms with Gasteiger partial charge in [-0.25, -0.2) is 0 Å². The molecule has 0 unspecified atom stereocenters. The van der Waals surface area contributed by atoms with Gasteiger partial charge >= 0.3 is 6.18 Å². The Labute approximate surface area is 127 Å². The molecule has 1 aliphatic heterocycles. The summed E-state index contributed by atoms with van der Waals surface area (Å²) in [7, 11) is 0. The highest BCUT2D eigenvalue weighted by Gasteiger charge is 2.37. The molecule has 0 saturated carbocycles. The van der Waals surface area contributed by atoms with Crippen LogP contribution in [0.4, 0.5) is 13.2 Å². The van der Waals surface area contributed by atoms with E-state index in [-0.39, 0.29) is 29.5 Å². The first-order valence-corrected chi connectivity index (χ1v) is 6.40. The van der Waals surface area contributed by atoms with Gasteiger partial charge in [-0.15, -0.1) is 12.4 Å². The van der Waals surface area contributed by atoms with Gasteiger partial charge in [0.2, 0.25) is 0 Å². The Morgan fingerprint density at radius 3 is 2.38 bits per heavy atom. The van der Waals surface area contributed by atoms with Crippen molar-refractivity contribution >= 4 is 12.4 Å². The molecule has 0 amide bonds. The van der Waals surface area contributed by atoms with E-state index in [9.17, 15) is 23.4 Å². The topological polar surface area (TPSA) is 55.7 Å². The third kappa shape index (κ3) is 4.94. The molecule has 2 rings (SSSR count). The number of nitrogens with zero attached hydrogens (tertiary/aromatic N) is 1. The highest BCUT2D eigenvalue weighted by molar-refractivity contribution is 5.85. The molecule has 0 aliphatic carbocycles. The largest absolute Gasteiger partial charge is 0.508 e. The van der Waals surface area contributed by atoms with Crippen LogP contribution in [0.1, 0.15) is 18.0 Å². The molecule has 1 aliphatic rings. The third-order valence-electron chi connectivity index (χ3n) is 3.39. The van der Waals surface area contributed by atoms with Gasteiger partial charge in [0.15, 0.2) is 0 Å². The van der Waals surface area contributed by atoms with E-state index in [1.807, 2.05) is 0 Å². The van der Waals surface area contributed by atoms with Gasteiger partial charge in [0.05, 0.1) is 6.42 Å². The number of benzene rings is 1. The van der Waals surface area contributed by atoms with E-state index in [1.165, 1.54) is 18.2 Å². The molecule has 120 valence electrons. The fourth-order valence-electron chi connectivity index (χ4n) is 2.46. The minimum Gasteiger partial charge on any atom is -0.508 e. The Kier molecular flexibility index (Phi) is 6.12. The minimum absolute atomic E-state index is 0. The maximum absolute atomic E-state index is 12.8. The van der Waals surface area contributed by atoms with Crippen LogP contribution in [-0.2, 0) is 0 Å². The predicted molar refractivity (Wildman–Crippen MR) is 74.9 cm³/mol. The van der Waals surface area contributed by atoms with Crippen LogP contribution in [0.15, 0.2) is 18.2 Å². The zero-order valence-electron chi connectivity index (χ0n) is 11.2. The fraction of sp³-hybridized carbons (Fsp3) is 0.538. The van der Waals surface area contributed by atoms with Crippen LogP contribution in [0.2, 0.25) is 0 Å². The predicted octanol–water partition coefficient (Wildman–Crippen LogP) is 2.42. The van der Waals surface area contributed by atoms with Crippen molar-refractivity contribution in [2.75, 3.05) is 26.2 Å². The number of phenols is 2. The highest BCUT2D eigenvalue weighted by Crippen LogP contribution is 2.38. The van der Waals surface area contributed by atoms with Crippen molar-refractivity contribution in [1.29, 1.82) is 0 Å². The van der Waals surface area contributed by atoms with Crippen molar-refractivity contribution in [2.45, 2.75) is 18.6 Å². The highest BCUT2D eigenvalue weighted by atomic mass is 35.5. The Morgan fingerprint density at radius 1 is 1.19 bits per heavy atom. The van der Waals surface area contributed by atoms with Crippen LogP contribution in [0, 0.1) is 0 Å². The summed E-state index contributed by atoms with van der Waals surface area (Å²) in [6.45, 7) is 2.15. The molecule has 0 radical (unpaired) electrons. The molecular weight excluding hydrogens is 309 g/mol. The zero-order valence-corrected chi connectivity index (χ0v) is 12.0. The number of piperazine rings is 1. The summed E-state index contributed by atoms with van der Waals surface area (Å²) in [6.07, 6.45) is -5.39. The van der Waals surface area contributed by atoms with Crippen molar-refractivity contribution in [2.24, 2.45) is 0 Å². The number of hydrogen-bond acceptors (Lipinski definition) is 4. The summed E-state index contributed by atoms with van der Waals surface area (Å²) in [4.78, 5) is 1.68. The van der Waals surface area contributed by atoms with E-state index in [2.05, 4.69) is 5.32 Å². The molecule has 1 aromatic rings. The normalized spacial score (nSPS) is 18.0. The van der Waals surface area contributed by atoms with Crippen molar-refractivity contribution < 1.29 is 23.4 Å². The second kappa shape index (κ2) is 7.20. The quantitative estimate of drug-likeness (QED) is 0.747. The fourth-order valence-corrected chi connectivity index (χ4v) is 2.46. The maximum atomic E-state index is 12.8. The molecule has 1 heterocycles. The molecule has 0 bridgehead atoms. The molecule has 0 aromatic heterocycles. The zero-order chi connectivity index (χ0) is 14.8. The minimum atomic E-state index is -4.34. The molecule has 8 heteroatoms. The molecule has 0 spiro atoms. The van der Waals surface area contributed by atoms with E-state index >= 15 is 0 Å². The maximum Gasteiger partial charge on any atom is 0.390 e. The van der Waals surface area contributed by atoms with Crippen LogP contribution >= 0.6 is 12.4 Å². The lowest BCUT2D eigenvalue weighted by Crippen LogP contribution is -2.46. The molecular formula is C13H18ClF3N2O2. The third-order valence-corrected chi connectivity index (χ3v) is 3.39. The van der Waals surface area contributed by atoms with Crippen LogP contribution < -0.4 is 5.32 Å². The molecule has 1 atom stereocenters.